The van der Waals surface area contributed by atoms with Crippen LogP contribution in [-0.4, -0.2) is 57.7 Å². The maximum absolute atomic E-state index is 13.4. The van der Waals surface area contributed by atoms with Crippen molar-refractivity contribution in [2.45, 2.75) is 17.7 Å². The van der Waals surface area contributed by atoms with E-state index in [1.165, 1.54) is 12.1 Å². The number of nitrogens with zero attached hydrogens (tertiary/aromatic N) is 3. The molecule has 0 amide bonds. The first-order chi connectivity index (χ1) is 14.3. The van der Waals surface area contributed by atoms with Crippen molar-refractivity contribution in [3.05, 3.63) is 72.2 Å². The number of aromatic nitrogens is 3. The number of thioether (sulfide) groups is 1. The summed E-state index contributed by atoms with van der Waals surface area (Å²) in [5, 5.41) is 0.277. The van der Waals surface area contributed by atoms with Crippen molar-refractivity contribution in [3.8, 4) is 11.3 Å². The van der Waals surface area contributed by atoms with Crippen LogP contribution in [0.3, 0.4) is 0 Å². The molecule has 0 bridgehead atoms. The van der Waals surface area contributed by atoms with Crippen molar-refractivity contribution >= 4 is 11.8 Å². The van der Waals surface area contributed by atoms with Crippen molar-refractivity contribution in [1.82, 2.24) is 19.9 Å². The van der Waals surface area contributed by atoms with E-state index in [0.717, 1.165) is 55.2 Å². The summed E-state index contributed by atoms with van der Waals surface area (Å²) in [6, 6.07) is 11.0. The van der Waals surface area contributed by atoms with E-state index in [1.54, 1.807) is 18.7 Å². The fourth-order valence-corrected chi connectivity index (χ4v) is 4.83. The number of benzene rings is 1. The molecular weight excluding hydrogens is 387 g/mol. The first-order valence-electron chi connectivity index (χ1n) is 9.79. The van der Waals surface area contributed by atoms with Crippen LogP contribution in [0.4, 0.5) is 4.39 Å². The van der Waals surface area contributed by atoms with Crippen LogP contribution >= 0.6 is 11.8 Å². The normalized spacial score (nSPS) is 17.2. The molecule has 5 nitrogen and oxygen atoms in total. The maximum Gasteiger partial charge on any atom is 0.123 e. The average Bonchev–Trinajstić information content (AvgIpc) is 3.25. The zero-order valence-corrected chi connectivity index (χ0v) is 17.2. The average molecular weight is 413 g/mol. The lowest BCUT2D eigenvalue weighted by Gasteiger charge is -2.38. The Labute approximate surface area is 174 Å². The molecule has 2 atom stereocenters. The standard InChI is InChI=1S/C22H25FN4OS/c1-29-19(14-16-2-4-18(23)5-3-16)22(27-10-12-28-13-11-27)21-20(25-15-26-21)17-6-8-24-9-7-17/h2-9,15,19,22H,10-14H2,1H3,(H,25,26). The predicted octanol–water partition coefficient (Wildman–Crippen LogP) is 3.96. The van der Waals surface area contributed by atoms with Gasteiger partial charge in [0, 0.05) is 36.3 Å². The first kappa shape index (κ1) is 20.1. The highest BCUT2D eigenvalue weighted by atomic mass is 32.2. The highest BCUT2D eigenvalue weighted by Gasteiger charge is 2.33. The number of morpholine rings is 1. The first-order valence-corrected chi connectivity index (χ1v) is 11.1. The summed E-state index contributed by atoms with van der Waals surface area (Å²) in [6.45, 7) is 3.21. The number of aromatic amines is 1. The van der Waals surface area contributed by atoms with Crippen LogP contribution in [-0.2, 0) is 11.2 Å². The summed E-state index contributed by atoms with van der Waals surface area (Å²) >= 11 is 1.84. The molecule has 3 aromatic rings. The molecule has 2 unspecified atom stereocenters. The molecule has 152 valence electrons. The van der Waals surface area contributed by atoms with Gasteiger partial charge in [-0.05, 0) is 42.5 Å². The molecule has 1 fully saturated rings. The minimum Gasteiger partial charge on any atom is -0.379 e. The van der Waals surface area contributed by atoms with Crippen LogP contribution in [0.5, 0.6) is 0 Å². The molecule has 1 aliphatic rings. The van der Waals surface area contributed by atoms with Gasteiger partial charge in [-0.25, -0.2) is 9.37 Å². The zero-order chi connectivity index (χ0) is 20.1. The number of hydrogen-bond donors (Lipinski definition) is 1. The van der Waals surface area contributed by atoms with Crippen molar-refractivity contribution in [2.24, 2.45) is 0 Å². The van der Waals surface area contributed by atoms with Gasteiger partial charge in [0.25, 0.3) is 0 Å². The highest BCUT2D eigenvalue weighted by Crippen LogP contribution is 2.37. The number of imidazole rings is 1. The van der Waals surface area contributed by atoms with E-state index in [4.69, 9.17) is 4.74 Å². The van der Waals surface area contributed by atoms with E-state index in [0.29, 0.717) is 0 Å². The second-order valence-corrected chi connectivity index (χ2v) is 8.18. The number of H-pyrrole nitrogens is 1. The molecule has 1 saturated heterocycles. The molecule has 3 heterocycles. The molecule has 0 aliphatic carbocycles. The highest BCUT2D eigenvalue weighted by molar-refractivity contribution is 7.99. The molecule has 1 aromatic carbocycles. The molecule has 2 aromatic heterocycles. The van der Waals surface area contributed by atoms with Crippen molar-refractivity contribution in [3.63, 3.8) is 0 Å². The Morgan fingerprint density at radius 1 is 1.14 bits per heavy atom. The third kappa shape index (κ3) is 4.69. The molecule has 0 radical (unpaired) electrons. The molecule has 0 spiro atoms. The summed E-state index contributed by atoms with van der Waals surface area (Å²) in [7, 11) is 0. The number of nitrogens with one attached hydrogen (secondary N) is 1. The van der Waals surface area contributed by atoms with Crippen LogP contribution in [0.2, 0.25) is 0 Å². The lowest BCUT2D eigenvalue weighted by molar-refractivity contribution is 0.0149. The van der Waals surface area contributed by atoms with Gasteiger partial charge in [-0.2, -0.15) is 11.8 Å². The van der Waals surface area contributed by atoms with Crippen molar-refractivity contribution in [2.75, 3.05) is 32.6 Å². The third-order valence-corrected chi connectivity index (χ3v) is 6.39. The van der Waals surface area contributed by atoms with E-state index in [2.05, 4.69) is 26.1 Å². The fraction of sp³-hybridized carbons (Fsp3) is 0.364. The SMILES string of the molecule is CSC(Cc1ccc(F)cc1)C(c1[nH]cnc1-c1ccncc1)N1CCOCC1. The number of pyridine rings is 1. The van der Waals surface area contributed by atoms with Gasteiger partial charge in [0.2, 0.25) is 0 Å². The summed E-state index contributed by atoms with van der Waals surface area (Å²) in [6.07, 6.45) is 8.35. The Morgan fingerprint density at radius 2 is 1.86 bits per heavy atom. The van der Waals surface area contributed by atoms with Gasteiger partial charge in [-0.15, -0.1) is 0 Å². The number of halogens is 1. The third-order valence-electron chi connectivity index (χ3n) is 5.36. The Hall–Kier alpha value is -2.22. The summed E-state index contributed by atoms with van der Waals surface area (Å²) in [4.78, 5) is 14.7. The van der Waals surface area contributed by atoms with E-state index >= 15 is 0 Å². The summed E-state index contributed by atoms with van der Waals surface area (Å²) < 4.78 is 19.0. The van der Waals surface area contributed by atoms with E-state index in [9.17, 15) is 4.39 Å². The molecule has 4 rings (SSSR count). The summed E-state index contributed by atoms with van der Waals surface area (Å²) in [5.41, 5.74) is 4.26. The van der Waals surface area contributed by atoms with Gasteiger partial charge < -0.3 is 9.72 Å². The number of hydrogen-bond acceptors (Lipinski definition) is 5. The molecular formula is C22H25FN4OS. The maximum atomic E-state index is 13.4. The Balaban J connectivity index is 1.70. The second-order valence-electron chi connectivity index (χ2n) is 7.10. The molecule has 1 N–H and O–H groups in total. The Kier molecular flexibility index (Phi) is 6.59. The van der Waals surface area contributed by atoms with Crippen LogP contribution in [0.25, 0.3) is 11.3 Å². The topological polar surface area (TPSA) is 54.0 Å². The zero-order valence-electron chi connectivity index (χ0n) is 16.4. The lowest BCUT2D eigenvalue weighted by atomic mass is 9.97. The second kappa shape index (κ2) is 9.52. The minimum atomic E-state index is -0.201. The van der Waals surface area contributed by atoms with E-state index in [1.807, 2.05) is 36.0 Å². The van der Waals surface area contributed by atoms with Crippen molar-refractivity contribution in [1.29, 1.82) is 0 Å². The molecule has 29 heavy (non-hydrogen) atoms. The van der Waals surface area contributed by atoms with Gasteiger partial charge in [0.15, 0.2) is 0 Å². The minimum absolute atomic E-state index is 0.143. The quantitative estimate of drug-likeness (QED) is 0.637. The van der Waals surface area contributed by atoms with Crippen LogP contribution in [0.1, 0.15) is 17.3 Å². The molecule has 7 heteroatoms. The van der Waals surface area contributed by atoms with Gasteiger partial charge in [0.05, 0.1) is 37.0 Å². The predicted molar refractivity (Wildman–Crippen MR) is 114 cm³/mol. The van der Waals surface area contributed by atoms with Crippen LogP contribution in [0.15, 0.2) is 55.1 Å². The molecule has 0 saturated carbocycles. The smallest absolute Gasteiger partial charge is 0.123 e. The fourth-order valence-electron chi connectivity index (χ4n) is 3.91. The Morgan fingerprint density at radius 3 is 2.55 bits per heavy atom. The van der Waals surface area contributed by atoms with Crippen molar-refractivity contribution < 1.29 is 9.13 Å². The van der Waals surface area contributed by atoms with Crippen LogP contribution in [0, 0.1) is 5.82 Å². The van der Waals surface area contributed by atoms with Gasteiger partial charge in [0.1, 0.15) is 5.82 Å². The van der Waals surface area contributed by atoms with Gasteiger partial charge in [-0.1, -0.05) is 12.1 Å². The number of ether oxygens (including phenoxy) is 1. The largest absolute Gasteiger partial charge is 0.379 e. The van der Waals surface area contributed by atoms with Crippen LogP contribution < -0.4 is 0 Å². The Bertz CT molecular complexity index is 897. The lowest BCUT2D eigenvalue weighted by Crippen LogP contribution is -2.43. The van der Waals surface area contributed by atoms with Gasteiger partial charge in [-0.3, -0.25) is 9.88 Å². The van der Waals surface area contributed by atoms with E-state index < -0.39 is 0 Å². The summed E-state index contributed by atoms with van der Waals surface area (Å²) in [5.74, 6) is -0.201. The van der Waals surface area contributed by atoms with E-state index in [-0.39, 0.29) is 17.1 Å². The molecule has 1 aliphatic heterocycles. The monoisotopic (exact) mass is 412 g/mol. The van der Waals surface area contributed by atoms with Gasteiger partial charge >= 0.3 is 0 Å². The number of rotatable bonds is 7.